The van der Waals surface area contributed by atoms with Gasteiger partial charge in [0.15, 0.2) is 9.84 Å². The zero-order valence-corrected chi connectivity index (χ0v) is 15.6. The van der Waals surface area contributed by atoms with Crippen molar-refractivity contribution in [3.05, 3.63) is 0 Å². The Morgan fingerprint density at radius 3 is 2.35 bits per heavy atom. The Hall–Kier alpha value is -0.620. The second kappa shape index (κ2) is 7.51. The molecule has 1 aliphatic heterocycles. The number of rotatable bonds is 3. The van der Waals surface area contributed by atoms with Crippen LogP contribution in [0, 0.1) is 11.3 Å². The maximum Gasteiger partial charge on any atom is 0.234 e. The van der Waals surface area contributed by atoms with Crippen molar-refractivity contribution in [2.75, 3.05) is 31.1 Å². The Kier molecular flexibility index (Phi) is 6.11. The fourth-order valence-corrected chi connectivity index (χ4v) is 4.97. The monoisotopic (exact) mass is 344 g/mol. The first kappa shape index (κ1) is 18.7. The number of hydrogen-bond donors (Lipinski definition) is 1. The number of carbonyl (C=O) groups is 1. The first-order valence-electron chi connectivity index (χ1n) is 8.88. The van der Waals surface area contributed by atoms with Crippen molar-refractivity contribution in [1.82, 2.24) is 10.2 Å². The second-order valence-electron chi connectivity index (χ2n) is 8.26. The molecule has 1 heterocycles. The van der Waals surface area contributed by atoms with Gasteiger partial charge in [0, 0.05) is 19.1 Å². The molecule has 0 spiro atoms. The highest BCUT2D eigenvalue weighted by Crippen LogP contribution is 2.36. The largest absolute Gasteiger partial charge is 0.352 e. The van der Waals surface area contributed by atoms with E-state index in [1.165, 1.54) is 19.3 Å². The van der Waals surface area contributed by atoms with Crippen molar-refractivity contribution < 1.29 is 13.2 Å². The number of hydrogen-bond acceptors (Lipinski definition) is 4. The molecule has 2 fully saturated rings. The molecule has 1 saturated heterocycles. The Morgan fingerprint density at radius 1 is 1.09 bits per heavy atom. The van der Waals surface area contributed by atoms with Crippen LogP contribution < -0.4 is 5.32 Å². The van der Waals surface area contributed by atoms with E-state index in [-0.39, 0.29) is 23.5 Å². The van der Waals surface area contributed by atoms with E-state index in [4.69, 9.17) is 0 Å². The summed E-state index contributed by atoms with van der Waals surface area (Å²) < 4.78 is 22.8. The van der Waals surface area contributed by atoms with E-state index in [1.807, 2.05) is 4.90 Å². The van der Waals surface area contributed by atoms with Crippen molar-refractivity contribution in [2.24, 2.45) is 11.3 Å². The van der Waals surface area contributed by atoms with Crippen LogP contribution >= 0.6 is 0 Å². The molecule has 0 radical (unpaired) electrons. The molecular formula is C17H32N2O3S. The summed E-state index contributed by atoms with van der Waals surface area (Å²) in [6, 6.07) is 0.281. The summed E-state index contributed by atoms with van der Waals surface area (Å²) in [6.07, 6.45) is 5.72. The summed E-state index contributed by atoms with van der Waals surface area (Å²) in [7, 11) is -2.88. The fourth-order valence-electron chi connectivity index (χ4n) is 3.70. The lowest BCUT2D eigenvalue weighted by Crippen LogP contribution is -2.47. The summed E-state index contributed by atoms with van der Waals surface area (Å²) in [5.41, 5.74) is 0.345. The summed E-state index contributed by atoms with van der Waals surface area (Å²) >= 11 is 0. The molecule has 134 valence electrons. The average Bonchev–Trinajstić information content (AvgIpc) is 2.66. The lowest BCUT2D eigenvalue weighted by atomic mass is 9.76. The van der Waals surface area contributed by atoms with Gasteiger partial charge in [-0.05, 0) is 37.0 Å². The topological polar surface area (TPSA) is 66.5 Å². The van der Waals surface area contributed by atoms with E-state index in [0.29, 0.717) is 25.0 Å². The molecule has 0 aromatic heterocycles. The second-order valence-corrected chi connectivity index (χ2v) is 10.6. The molecule has 1 N–H and O–H groups in total. The van der Waals surface area contributed by atoms with Gasteiger partial charge in [-0.25, -0.2) is 8.42 Å². The molecule has 2 atom stereocenters. The lowest BCUT2D eigenvalue weighted by molar-refractivity contribution is -0.123. The van der Waals surface area contributed by atoms with E-state index in [2.05, 4.69) is 26.1 Å². The highest BCUT2D eigenvalue weighted by molar-refractivity contribution is 7.91. The van der Waals surface area contributed by atoms with Gasteiger partial charge in [0.25, 0.3) is 0 Å². The van der Waals surface area contributed by atoms with Crippen molar-refractivity contribution >= 4 is 15.7 Å². The molecule has 2 rings (SSSR count). The van der Waals surface area contributed by atoms with Crippen molar-refractivity contribution in [1.29, 1.82) is 0 Å². The number of sulfone groups is 1. The molecule has 2 unspecified atom stereocenters. The molecule has 1 aliphatic carbocycles. The smallest absolute Gasteiger partial charge is 0.234 e. The Labute approximate surface area is 141 Å². The van der Waals surface area contributed by atoms with Crippen LogP contribution in [-0.2, 0) is 14.6 Å². The Morgan fingerprint density at radius 2 is 1.74 bits per heavy atom. The molecular weight excluding hydrogens is 312 g/mol. The predicted octanol–water partition coefficient (Wildman–Crippen LogP) is 1.83. The van der Waals surface area contributed by atoms with Gasteiger partial charge >= 0.3 is 0 Å². The van der Waals surface area contributed by atoms with Gasteiger partial charge in [0.1, 0.15) is 0 Å². The van der Waals surface area contributed by atoms with Crippen LogP contribution in [0.4, 0.5) is 0 Å². The first-order chi connectivity index (χ1) is 10.7. The van der Waals surface area contributed by atoms with E-state index in [1.54, 1.807) is 0 Å². The van der Waals surface area contributed by atoms with Crippen molar-refractivity contribution in [3.8, 4) is 0 Å². The zero-order chi connectivity index (χ0) is 17.1. The van der Waals surface area contributed by atoms with Gasteiger partial charge in [-0.15, -0.1) is 0 Å². The first-order valence-corrected chi connectivity index (χ1v) is 10.7. The quantitative estimate of drug-likeness (QED) is 0.793. The summed E-state index contributed by atoms with van der Waals surface area (Å²) in [5, 5.41) is 3.17. The number of amides is 1. The Bertz CT molecular complexity index is 496. The SMILES string of the molecule is CC(C)(C)C1CCCC(NC(=O)CN2CCS(=O)(=O)CC2)CC1. The van der Waals surface area contributed by atoms with Gasteiger partial charge in [-0.1, -0.05) is 27.2 Å². The minimum Gasteiger partial charge on any atom is -0.352 e. The normalized spacial score (nSPS) is 29.7. The molecule has 1 saturated carbocycles. The molecule has 1 amide bonds. The van der Waals surface area contributed by atoms with Crippen LogP contribution in [0.1, 0.15) is 52.9 Å². The third kappa shape index (κ3) is 6.07. The summed E-state index contributed by atoms with van der Waals surface area (Å²) in [4.78, 5) is 14.2. The van der Waals surface area contributed by atoms with E-state index >= 15 is 0 Å². The number of nitrogens with zero attached hydrogens (tertiary/aromatic N) is 1. The minimum atomic E-state index is -2.88. The van der Waals surface area contributed by atoms with Crippen LogP contribution in [0.15, 0.2) is 0 Å². The molecule has 23 heavy (non-hydrogen) atoms. The van der Waals surface area contributed by atoms with Crippen LogP contribution in [-0.4, -0.2) is 56.4 Å². The highest BCUT2D eigenvalue weighted by Gasteiger charge is 2.29. The molecule has 2 aliphatic rings. The van der Waals surface area contributed by atoms with Crippen LogP contribution in [0.2, 0.25) is 0 Å². The van der Waals surface area contributed by atoms with Crippen molar-refractivity contribution in [3.63, 3.8) is 0 Å². The van der Waals surface area contributed by atoms with E-state index < -0.39 is 9.84 Å². The maximum atomic E-state index is 12.2. The van der Waals surface area contributed by atoms with Gasteiger partial charge in [0.05, 0.1) is 18.1 Å². The zero-order valence-electron chi connectivity index (χ0n) is 14.8. The van der Waals surface area contributed by atoms with Gasteiger partial charge in [0.2, 0.25) is 5.91 Å². The van der Waals surface area contributed by atoms with Gasteiger partial charge in [-0.3, -0.25) is 9.69 Å². The lowest BCUT2D eigenvalue weighted by Gasteiger charge is -2.30. The van der Waals surface area contributed by atoms with Gasteiger partial charge < -0.3 is 5.32 Å². The average molecular weight is 345 g/mol. The van der Waals surface area contributed by atoms with Crippen LogP contribution in [0.5, 0.6) is 0 Å². The standard InChI is InChI=1S/C17H32N2O3S/c1-17(2,3)14-5-4-6-15(8-7-14)18-16(20)13-19-9-11-23(21,22)12-10-19/h14-15H,4-13H2,1-3H3,(H,18,20). The van der Waals surface area contributed by atoms with Crippen LogP contribution in [0.25, 0.3) is 0 Å². The summed E-state index contributed by atoms with van der Waals surface area (Å²) in [5.74, 6) is 1.13. The van der Waals surface area contributed by atoms with Crippen LogP contribution in [0.3, 0.4) is 0 Å². The Balaban J connectivity index is 1.75. The maximum absolute atomic E-state index is 12.2. The molecule has 5 nitrogen and oxygen atoms in total. The molecule has 0 aromatic carbocycles. The fraction of sp³-hybridized carbons (Fsp3) is 0.941. The minimum absolute atomic E-state index is 0.0449. The third-order valence-corrected chi connectivity index (χ3v) is 6.97. The number of carbonyl (C=O) groups excluding carboxylic acids is 1. The van der Waals surface area contributed by atoms with E-state index in [0.717, 1.165) is 18.8 Å². The number of nitrogens with one attached hydrogen (secondary N) is 1. The molecule has 0 aromatic rings. The predicted molar refractivity (Wildman–Crippen MR) is 93.1 cm³/mol. The van der Waals surface area contributed by atoms with E-state index in [9.17, 15) is 13.2 Å². The molecule has 6 heteroatoms. The highest BCUT2D eigenvalue weighted by atomic mass is 32.2. The summed E-state index contributed by atoms with van der Waals surface area (Å²) in [6.45, 7) is 8.21. The van der Waals surface area contributed by atoms with Crippen molar-refractivity contribution in [2.45, 2.75) is 58.9 Å². The van der Waals surface area contributed by atoms with Gasteiger partial charge in [-0.2, -0.15) is 0 Å². The third-order valence-electron chi connectivity index (χ3n) is 5.36. The molecule has 0 bridgehead atoms.